The molecule has 0 spiro atoms. The third kappa shape index (κ3) is 4.12. The predicted molar refractivity (Wildman–Crippen MR) is 111 cm³/mol. The minimum atomic E-state index is -0.949. The van der Waals surface area contributed by atoms with Gasteiger partial charge in [0.25, 0.3) is 5.56 Å². The molecule has 0 saturated carbocycles. The zero-order chi connectivity index (χ0) is 20.4. The zero-order valence-corrected chi connectivity index (χ0v) is 15.8. The maximum Gasteiger partial charge on any atom is 0.258 e. The fraction of sp³-hybridized carbons (Fsp3) is 0.100. The van der Waals surface area contributed by atoms with Crippen LogP contribution in [0, 0.1) is 0 Å². The fourth-order valence-corrected chi connectivity index (χ4v) is 3.30. The Bertz CT molecular complexity index is 1150. The fourth-order valence-electron chi connectivity index (χ4n) is 3.11. The van der Waals surface area contributed by atoms with Crippen molar-refractivity contribution in [3.05, 3.63) is 75.5 Å². The number of amides is 2. The highest BCUT2D eigenvalue weighted by Crippen LogP contribution is 2.30. The van der Waals surface area contributed by atoms with Crippen molar-refractivity contribution in [1.29, 1.82) is 0 Å². The van der Waals surface area contributed by atoms with Crippen LogP contribution in [0.15, 0.2) is 59.4 Å². The van der Waals surface area contributed by atoms with E-state index in [-0.39, 0.29) is 23.8 Å². The molecule has 9 heteroatoms. The first-order valence-electron chi connectivity index (χ1n) is 8.82. The summed E-state index contributed by atoms with van der Waals surface area (Å²) in [4.78, 5) is 44.5. The summed E-state index contributed by atoms with van der Waals surface area (Å²) in [6.07, 6.45) is -0.141. The first-order chi connectivity index (χ1) is 14.0. The van der Waals surface area contributed by atoms with Crippen molar-refractivity contribution in [2.45, 2.75) is 12.3 Å². The van der Waals surface area contributed by atoms with Crippen LogP contribution >= 0.6 is 11.6 Å². The molecular formula is C20H16ClN5O3. The van der Waals surface area contributed by atoms with Crippen LogP contribution in [0.5, 0.6) is 0 Å². The van der Waals surface area contributed by atoms with E-state index < -0.39 is 23.3 Å². The molecule has 8 nitrogen and oxygen atoms in total. The van der Waals surface area contributed by atoms with Gasteiger partial charge in [-0.3, -0.25) is 19.4 Å². The van der Waals surface area contributed by atoms with E-state index >= 15 is 0 Å². The third-order valence-corrected chi connectivity index (χ3v) is 4.63. The summed E-state index contributed by atoms with van der Waals surface area (Å²) in [7, 11) is 0. The number of hydrogen-bond acceptors (Lipinski definition) is 5. The quantitative estimate of drug-likeness (QED) is 0.528. The molecule has 1 aliphatic rings. The molecule has 0 radical (unpaired) electrons. The van der Waals surface area contributed by atoms with Gasteiger partial charge < -0.3 is 16.0 Å². The van der Waals surface area contributed by atoms with E-state index in [4.69, 9.17) is 11.6 Å². The Hall–Kier alpha value is -3.65. The summed E-state index contributed by atoms with van der Waals surface area (Å²) in [5.74, 6) is -1.61. The smallest absolute Gasteiger partial charge is 0.258 e. The number of carbonyl (C=O) groups excluding carboxylic acids is 2. The predicted octanol–water partition coefficient (Wildman–Crippen LogP) is 3.23. The molecule has 4 rings (SSSR count). The number of para-hydroxylation sites is 1. The lowest BCUT2D eigenvalue weighted by atomic mass is 9.92. The van der Waals surface area contributed by atoms with Crippen LogP contribution in [0.3, 0.4) is 0 Å². The van der Waals surface area contributed by atoms with Crippen LogP contribution < -0.4 is 21.5 Å². The van der Waals surface area contributed by atoms with Crippen molar-refractivity contribution >= 4 is 46.6 Å². The van der Waals surface area contributed by atoms with Gasteiger partial charge in [-0.05, 0) is 30.3 Å². The summed E-state index contributed by atoms with van der Waals surface area (Å²) >= 11 is 5.96. The summed E-state index contributed by atoms with van der Waals surface area (Å²) in [6.45, 7) is 0. The van der Waals surface area contributed by atoms with Gasteiger partial charge >= 0.3 is 0 Å². The maximum atomic E-state index is 12.7. The number of fused-ring (bicyclic) bond motifs is 1. The number of H-pyrrole nitrogens is 1. The number of nitrogens with one attached hydrogen (secondary N) is 4. The van der Waals surface area contributed by atoms with Crippen LogP contribution in [0.1, 0.15) is 17.9 Å². The van der Waals surface area contributed by atoms with E-state index in [1.807, 2.05) is 6.07 Å². The average Bonchev–Trinajstić information content (AvgIpc) is 2.67. The molecule has 29 heavy (non-hydrogen) atoms. The lowest BCUT2D eigenvalue weighted by Crippen LogP contribution is -2.36. The molecule has 2 heterocycles. The van der Waals surface area contributed by atoms with Gasteiger partial charge in [0.1, 0.15) is 5.82 Å². The number of rotatable bonds is 4. The van der Waals surface area contributed by atoms with E-state index in [0.29, 0.717) is 16.4 Å². The Balaban J connectivity index is 1.65. The number of hydrogen-bond donors (Lipinski definition) is 4. The van der Waals surface area contributed by atoms with Gasteiger partial charge in [-0.25, -0.2) is 0 Å². The second kappa shape index (κ2) is 7.76. The molecule has 2 aromatic carbocycles. The number of aromatic nitrogens is 2. The minimum absolute atomic E-state index is 0.0581. The Labute approximate surface area is 170 Å². The van der Waals surface area contributed by atoms with Crippen LogP contribution in [0.4, 0.5) is 23.1 Å². The highest BCUT2D eigenvalue weighted by Gasteiger charge is 2.34. The standard InChI is InChI=1S/C20H16ClN5O3/c21-11-5-4-8-13(9-11)23-20-25-17-16(19(29)26-20)14(10-15(27)24-17)18(28)22-12-6-2-1-3-7-12/h1-9,14H,10H2,(H,22,28)(H3,23,24,25,26,27,29)/t14-/m1/s1. The Morgan fingerprint density at radius 2 is 1.83 bits per heavy atom. The largest absolute Gasteiger partial charge is 0.326 e. The Kier molecular flexibility index (Phi) is 5.01. The number of aromatic amines is 1. The monoisotopic (exact) mass is 409 g/mol. The van der Waals surface area contributed by atoms with Crippen molar-refractivity contribution in [1.82, 2.24) is 9.97 Å². The van der Waals surface area contributed by atoms with E-state index in [0.717, 1.165) is 0 Å². The van der Waals surface area contributed by atoms with Crippen molar-refractivity contribution < 1.29 is 9.59 Å². The van der Waals surface area contributed by atoms with Gasteiger partial charge in [-0.15, -0.1) is 0 Å². The molecule has 0 fully saturated rings. The topological polar surface area (TPSA) is 116 Å². The van der Waals surface area contributed by atoms with Gasteiger partial charge in [0.05, 0.1) is 11.5 Å². The van der Waals surface area contributed by atoms with Gasteiger partial charge in [0.2, 0.25) is 17.8 Å². The molecule has 3 aromatic rings. The number of benzene rings is 2. The van der Waals surface area contributed by atoms with Crippen LogP contribution in [0.2, 0.25) is 5.02 Å². The number of halogens is 1. The number of carbonyl (C=O) groups is 2. The zero-order valence-electron chi connectivity index (χ0n) is 15.0. The van der Waals surface area contributed by atoms with Crippen molar-refractivity contribution in [3.63, 3.8) is 0 Å². The molecule has 0 unspecified atom stereocenters. The first-order valence-corrected chi connectivity index (χ1v) is 9.20. The first kappa shape index (κ1) is 18.7. The lowest BCUT2D eigenvalue weighted by molar-refractivity contribution is -0.123. The number of nitrogens with zero attached hydrogens (tertiary/aromatic N) is 1. The molecule has 1 aromatic heterocycles. The average molecular weight is 410 g/mol. The Morgan fingerprint density at radius 3 is 2.59 bits per heavy atom. The SMILES string of the molecule is O=C1C[C@@H](C(=O)Nc2ccccc2)c2c(nc(Nc3cccc(Cl)c3)[nH]c2=O)N1. The van der Waals surface area contributed by atoms with E-state index in [2.05, 4.69) is 25.9 Å². The van der Waals surface area contributed by atoms with Crippen molar-refractivity contribution in [2.24, 2.45) is 0 Å². The summed E-state index contributed by atoms with van der Waals surface area (Å²) < 4.78 is 0. The van der Waals surface area contributed by atoms with Gasteiger partial charge in [-0.1, -0.05) is 35.9 Å². The third-order valence-electron chi connectivity index (χ3n) is 4.40. The summed E-state index contributed by atoms with van der Waals surface area (Å²) in [5.41, 5.74) is 0.803. The summed E-state index contributed by atoms with van der Waals surface area (Å²) in [6, 6.07) is 15.7. The highest BCUT2D eigenvalue weighted by molar-refractivity contribution is 6.30. The lowest BCUT2D eigenvalue weighted by Gasteiger charge is -2.23. The van der Waals surface area contributed by atoms with Gasteiger partial charge in [0, 0.05) is 22.8 Å². The van der Waals surface area contributed by atoms with Gasteiger partial charge in [-0.2, -0.15) is 4.98 Å². The molecule has 4 N–H and O–H groups in total. The second-order valence-corrected chi connectivity index (χ2v) is 6.91. The van der Waals surface area contributed by atoms with Gasteiger partial charge in [0.15, 0.2) is 0 Å². The van der Waals surface area contributed by atoms with Crippen LogP contribution in [0.25, 0.3) is 0 Å². The molecule has 1 atom stereocenters. The Morgan fingerprint density at radius 1 is 1.07 bits per heavy atom. The van der Waals surface area contributed by atoms with E-state index in [1.54, 1.807) is 48.5 Å². The molecule has 1 aliphatic heterocycles. The normalized spacial score (nSPS) is 15.2. The molecule has 146 valence electrons. The van der Waals surface area contributed by atoms with E-state index in [9.17, 15) is 14.4 Å². The molecular weight excluding hydrogens is 394 g/mol. The summed E-state index contributed by atoms with van der Waals surface area (Å²) in [5, 5.41) is 8.75. The highest BCUT2D eigenvalue weighted by atomic mass is 35.5. The second-order valence-electron chi connectivity index (χ2n) is 6.47. The van der Waals surface area contributed by atoms with E-state index in [1.165, 1.54) is 0 Å². The molecule has 0 saturated heterocycles. The number of anilines is 4. The molecule has 0 aliphatic carbocycles. The molecule has 2 amide bonds. The maximum absolute atomic E-state index is 12.7. The van der Waals surface area contributed by atoms with Crippen LogP contribution in [-0.2, 0) is 9.59 Å². The van der Waals surface area contributed by atoms with Crippen molar-refractivity contribution in [3.8, 4) is 0 Å². The minimum Gasteiger partial charge on any atom is -0.326 e. The van der Waals surface area contributed by atoms with Crippen LogP contribution in [-0.4, -0.2) is 21.8 Å². The molecule has 0 bridgehead atoms. The van der Waals surface area contributed by atoms with Crippen molar-refractivity contribution in [2.75, 3.05) is 16.0 Å².